The van der Waals surface area contributed by atoms with E-state index < -0.39 is 30.0 Å². The van der Waals surface area contributed by atoms with Crippen LogP contribution in [0.4, 0.5) is 0 Å². The van der Waals surface area contributed by atoms with E-state index in [1.54, 1.807) is 6.92 Å². The van der Waals surface area contributed by atoms with Gasteiger partial charge in [0.25, 0.3) is 0 Å². The number of aliphatic carboxylic acids is 1. The van der Waals surface area contributed by atoms with Crippen molar-refractivity contribution in [2.24, 2.45) is 0 Å². The SMILES string of the molecule is Cc1ccc2c(c1)c1cn2CCCCCCCCCCCNC(=O)C(NC(=O)C(C)NC(C)C(=O)O)C1. The Kier molecular flexibility index (Phi) is 11.0. The van der Waals surface area contributed by atoms with E-state index in [1.807, 2.05) is 0 Å². The number of carboxylic acid groups (broad SMARTS) is 1. The van der Waals surface area contributed by atoms with Crippen LogP contribution in [-0.4, -0.2) is 52.1 Å². The van der Waals surface area contributed by atoms with Gasteiger partial charge in [-0.2, -0.15) is 0 Å². The molecular weight excluding hydrogens is 468 g/mol. The van der Waals surface area contributed by atoms with Crippen molar-refractivity contribution in [3.8, 4) is 0 Å². The van der Waals surface area contributed by atoms with Crippen molar-refractivity contribution < 1.29 is 19.5 Å². The van der Waals surface area contributed by atoms with Crippen molar-refractivity contribution >= 4 is 28.7 Å². The van der Waals surface area contributed by atoms with Crippen LogP contribution in [0.2, 0.25) is 0 Å². The molecule has 1 aromatic heterocycles. The lowest BCUT2D eigenvalue weighted by Gasteiger charge is -2.22. The number of benzene rings is 1. The van der Waals surface area contributed by atoms with Crippen molar-refractivity contribution in [2.75, 3.05) is 6.54 Å². The first-order chi connectivity index (χ1) is 17.8. The molecule has 3 unspecified atom stereocenters. The molecule has 1 aliphatic rings. The summed E-state index contributed by atoms with van der Waals surface area (Å²) < 4.78 is 2.28. The third-order valence-electron chi connectivity index (χ3n) is 7.31. The number of aromatic nitrogens is 1. The molecule has 4 N–H and O–H groups in total. The number of fused-ring (bicyclic) bond motifs is 5. The number of carboxylic acids is 1. The highest BCUT2D eigenvalue weighted by atomic mass is 16.4. The predicted octanol–water partition coefficient (Wildman–Crippen LogP) is 4.07. The lowest BCUT2D eigenvalue weighted by Crippen LogP contribution is -2.54. The summed E-state index contributed by atoms with van der Waals surface area (Å²) >= 11 is 0. The Bertz CT molecular complexity index is 1060. The number of hydrogen-bond donors (Lipinski definition) is 4. The van der Waals surface area contributed by atoms with E-state index in [2.05, 4.69) is 51.8 Å². The third-order valence-corrected chi connectivity index (χ3v) is 7.31. The maximum atomic E-state index is 13.3. The van der Waals surface area contributed by atoms with Gasteiger partial charge < -0.3 is 20.3 Å². The van der Waals surface area contributed by atoms with Gasteiger partial charge in [0.15, 0.2) is 0 Å². The minimum atomic E-state index is -1.03. The van der Waals surface area contributed by atoms with Crippen LogP contribution >= 0.6 is 0 Å². The highest BCUT2D eigenvalue weighted by molar-refractivity contribution is 5.91. The molecule has 0 aliphatic carbocycles. The van der Waals surface area contributed by atoms with Crippen LogP contribution < -0.4 is 16.0 Å². The third kappa shape index (κ3) is 8.59. The van der Waals surface area contributed by atoms with Crippen LogP contribution in [0.5, 0.6) is 0 Å². The van der Waals surface area contributed by atoms with Crippen LogP contribution in [0.1, 0.15) is 82.8 Å². The molecule has 1 aromatic carbocycles. The smallest absolute Gasteiger partial charge is 0.320 e. The van der Waals surface area contributed by atoms with E-state index in [0.29, 0.717) is 13.0 Å². The summed E-state index contributed by atoms with van der Waals surface area (Å²) in [6, 6.07) is 4.02. The zero-order chi connectivity index (χ0) is 26.8. The fourth-order valence-electron chi connectivity index (χ4n) is 5.06. The minimum Gasteiger partial charge on any atom is -0.480 e. The maximum absolute atomic E-state index is 13.3. The highest BCUT2D eigenvalue weighted by Crippen LogP contribution is 2.25. The molecule has 3 atom stereocenters. The van der Waals surface area contributed by atoms with E-state index in [-0.39, 0.29) is 5.91 Å². The standard InChI is InChI=1S/C29H44N4O4/c1-20-13-14-26-24(17-20)23-18-25(32-27(34)21(2)31-22(3)29(36)37)28(35)30-15-11-9-7-5-4-6-8-10-12-16-33(26)19-23/h13-14,17,19,21-22,25,31H,4-12,15-16,18H2,1-3H3,(H,30,35)(H,32,34)(H,36,37). The Morgan fingerprint density at radius 1 is 1.00 bits per heavy atom. The number of amides is 2. The Morgan fingerprint density at radius 2 is 1.65 bits per heavy atom. The van der Waals surface area contributed by atoms with E-state index in [9.17, 15) is 19.5 Å². The van der Waals surface area contributed by atoms with E-state index in [1.165, 1.54) is 45.4 Å². The topological polar surface area (TPSA) is 112 Å². The van der Waals surface area contributed by atoms with Gasteiger partial charge in [-0.15, -0.1) is 0 Å². The molecule has 8 nitrogen and oxygen atoms in total. The monoisotopic (exact) mass is 512 g/mol. The molecule has 0 radical (unpaired) electrons. The van der Waals surface area contributed by atoms with Crippen molar-refractivity contribution in [3.05, 3.63) is 35.5 Å². The second kappa shape index (κ2) is 14.2. The quantitative estimate of drug-likeness (QED) is 0.483. The van der Waals surface area contributed by atoms with Crippen molar-refractivity contribution in [1.29, 1.82) is 0 Å². The lowest BCUT2D eigenvalue weighted by molar-refractivity contribution is -0.139. The number of carbonyl (C=O) groups is 3. The molecular formula is C29H44N4O4. The summed E-state index contributed by atoms with van der Waals surface area (Å²) in [5, 5.41) is 19.0. The van der Waals surface area contributed by atoms with Gasteiger partial charge in [-0.1, -0.05) is 56.6 Å². The van der Waals surface area contributed by atoms with Crippen LogP contribution in [0.15, 0.2) is 24.4 Å². The van der Waals surface area contributed by atoms with Crippen molar-refractivity contribution in [3.63, 3.8) is 0 Å². The predicted molar refractivity (Wildman–Crippen MR) is 147 cm³/mol. The summed E-state index contributed by atoms with van der Waals surface area (Å²) in [5.41, 5.74) is 3.32. The summed E-state index contributed by atoms with van der Waals surface area (Å²) in [7, 11) is 0. The molecule has 0 fully saturated rings. The number of aryl methyl sites for hydroxylation is 2. The van der Waals surface area contributed by atoms with Crippen LogP contribution in [-0.2, 0) is 27.3 Å². The van der Waals surface area contributed by atoms with Gasteiger partial charge in [0.2, 0.25) is 11.8 Å². The average Bonchev–Trinajstić information content (AvgIpc) is 3.19. The van der Waals surface area contributed by atoms with Crippen LogP contribution in [0, 0.1) is 6.92 Å². The first-order valence-corrected chi connectivity index (χ1v) is 13.9. The second-order valence-corrected chi connectivity index (χ2v) is 10.6. The number of nitrogens with zero attached hydrogens (tertiary/aromatic N) is 1. The average molecular weight is 513 g/mol. The first kappa shape index (κ1) is 28.7. The van der Waals surface area contributed by atoms with Gasteiger partial charge in [0.05, 0.1) is 6.04 Å². The zero-order valence-corrected chi connectivity index (χ0v) is 22.6. The minimum absolute atomic E-state index is 0.207. The van der Waals surface area contributed by atoms with Gasteiger partial charge in [0, 0.05) is 36.6 Å². The normalized spacial score (nSPS) is 20.3. The van der Waals surface area contributed by atoms with E-state index in [4.69, 9.17) is 0 Å². The Hall–Kier alpha value is -2.87. The molecule has 204 valence electrons. The molecule has 3 rings (SSSR count). The molecule has 2 aromatic rings. The van der Waals surface area contributed by atoms with Gasteiger partial charge in [-0.3, -0.25) is 19.7 Å². The molecule has 2 bridgehead atoms. The van der Waals surface area contributed by atoms with Crippen LogP contribution in [0.3, 0.4) is 0 Å². The van der Waals surface area contributed by atoms with Crippen molar-refractivity contribution in [2.45, 2.75) is 110 Å². The summed E-state index contributed by atoms with van der Waals surface area (Å²) in [5.74, 6) is -1.63. The molecule has 37 heavy (non-hydrogen) atoms. The molecule has 0 spiro atoms. The van der Waals surface area contributed by atoms with Gasteiger partial charge in [0.1, 0.15) is 12.1 Å². The molecule has 0 saturated heterocycles. The number of nitrogens with one attached hydrogen (secondary N) is 3. The zero-order valence-electron chi connectivity index (χ0n) is 22.6. The largest absolute Gasteiger partial charge is 0.480 e. The fraction of sp³-hybridized carbons (Fsp3) is 0.621. The summed E-state index contributed by atoms with van der Waals surface area (Å²) in [6.07, 6.45) is 13.0. The first-order valence-electron chi connectivity index (χ1n) is 13.9. The highest BCUT2D eigenvalue weighted by Gasteiger charge is 2.26. The summed E-state index contributed by atoms with van der Waals surface area (Å²) in [4.78, 5) is 37.5. The van der Waals surface area contributed by atoms with Gasteiger partial charge >= 0.3 is 5.97 Å². The molecule has 2 amide bonds. The van der Waals surface area contributed by atoms with Crippen molar-refractivity contribution in [1.82, 2.24) is 20.5 Å². The fourth-order valence-corrected chi connectivity index (χ4v) is 5.06. The number of carbonyl (C=O) groups excluding carboxylic acids is 2. The number of rotatable bonds is 5. The van der Waals surface area contributed by atoms with Crippen LogP contribution in [0.25, 0.3) is 10.9 Å². The molecule has 0 saturated carbocycles. The molecule has 1 aliphatic heterocycles. The Labute approximate surface area is 220 Å². The Morgan fingerprint density at radius 3 is 2.32 bits per heavy atom. The van der Waals surface area contributed by atoms with E-state index in [0.717, 1.165) is 47.8 Å². The summed E-state index contributed by atoms with van der Waals surface area (Å²) in [6.45, 7) is 6.67. The molecule has 2 heterocycles. The van der Waals surface area contributed by atoms with Gasteiger partial charge in [-0.05, 0) is 51.3 Å². The molecule has 8 heteroatoms. The lowest BCUT2D eigenvalue weighted by atomic mass is 10.0. The number of hydrogen-bond acceptors (Lipinski definition) is 4. The maximum Gasteiger partial charge on any atom is 0.320 e. The Balaban J connectivity index is 1.85. The second-order valence-electron chi connectivity index (χ2n) is 10.6. The van der Waals surface area contributed by atoms with E-state index >= 15 is 0 Å². The van der Waals surface area contributed by atoms with Gasteiger partial charge in [-0.25, -0.2) is 0 Å².